The highest BCUT2D eigenvalue weighted by Crippen LogP contribution is 2.15. The van der Waals surface area contributed by atoms with Crippen molar-refractivity contribution < 1.29 is 4.79 Å². The summed E-state index contributed by atoms with van der Waals surface area (Å²) in [5.74, 6) is 0.191. The van der Waals surface area contributed by atoms with Gasteiger partial charge in [0.1, 0.15) is 0 Å². The number of hydrogen-bond acceptors (Lipinski definition) is 4. The number of carbonyl (C=O) groups is 1. The fourth-order valence-electron chi connectivity index (χ4n) is 3.74. The van der Waals surface area contributed by atoms with Crippen LogP contribution in [-0.4, -0.2) is 62.7 Å². The largest absolute Gasteiger partial charge is 0.369 e. The van der Waals surface area contributed by atoms with Gasteiger partial charge in [0, 0.05) is 38.4 Å². The van der Waals surface area contributed by atoms with Crippen LogP contribution in [-0.2, 0) is 4.79 Å². The topological polar surface area (TPSA) is 47.6 Å². The van der Waals surface area contributed by atoms with Gasteiger partial charge in [0.25, 0.3) is 0 Å². The van der Waals surface area contributed by atoms with Gasteiger partial charge in [0.05, 0.1) is 6.04 Å². The Bertz CT molecular complexity index is 508. The minimum Gasteiger partial charge on any atom is -0.369 e. The summed E-state index contributed by atoms with van der Waals surface area (Å²) in [5, 5.41) is 6.39. The van der Waals surface area contributed by atoms with Gasteiger partial charge >= 0.3 is 0 Å². The fraction of sp³-hybridized carbons (Fsp3) is 0.650. The lowest BCUT2D eigenvalue weighted by Gasteiger charge is -2.36. The van der Waals surface area contributed by atoms with Gasteiger partial charge in [-0.25, -0.2) is 0 Å². The Hall–Kier alpha value is -1.59. The van der Waals surface area contributed by atoms with E-state index in [-0.39, 0.29) is 11.9 Å². The third-order valence-electron chi connectivity index (χ3n) is 5.32. The molecule has 0 aliphatic carbocycles. The molecule has 0 aromatic heterocycles. The first kappa shape index (κ1) is 18.2. The van der Waals surface area contributed by atoms with E-state index in [0.717, 1.165) is 65.1 Å². The Morgan fingerprint density at radius 2 is 1.88 bits per heavy atom. The van der Waals surface area contributed by atoms with Gasteiger partial charge in [-0.2, -0.15) is 0 Å². The molecule has 2 N–H and O–H groups in total. The molecule has 1 aromatic carbocycles. The number of anilines is 1. The minimum absolute atomic E-state index is 0.0415. The molecular weight excluding hydrogens is 312 g/mol. The average Bonchev–Trinajstić information content (AvgIpc) is 2.69. The Balaban J connectivity index is 1.25. The van der Waals surface area contributed by atoms with E-state index in [1.807, 2.05) is 0 Å². The highest BCUT2D eigenvalue weighted by atomic mass is 16.2. The van der Waals surface area contributed by atoms with Crippen LogP contribution in [0.4, 0.5) is 5.69 Å². The van der Waals surface area contributed by atoms with Gasteiger partial charge in [0.15, 0.2) is 0 Å². The maximum absolute atomic E-state index is 12.0. The molecule has 25 heavy (non-hydrogen) atoms. The molecule has 2 aliphatic heterocycles. The highest BCUT2D eigenvalue weighted by Gasteiger charge is 2.20. The second kappa shape index (κ2) is 9.78. The van der Waals surface area contributed by atoms with Crippen molar-refractivity contribution in [2.24, 2.45) is 0 Å². The zero-order chi connectivity index (χ0) is 17.3. The number of nitrogens with one attached hydrogen (secondary N) is 2. The molecule has 0 radical (unpaired) electrons. The molecule has 2 fully saturated rings. The highest BCUT2D eigenvalue weighted by molar-refractivity contribution is 5.81. The van der Waals surface area contributed by atoms with E-state index in [1.54, 1.807) is 0 Å². The van der Waals surface area contributed by atoms with E-state index in [1.165, 1.54) is 18.5 Å². The van der Waals surface area contributed by atoms with Crippen LogP contribution in [0.1, 0.15) is 32.1 Å². The standard InChI is InChI=1S/C20H32N4O/c25-20(19-10-4-5-11-21-19)22-12-6-7-13-23-14-16-24(17-15-23)18-8-2-1-3-9-18/h1-3,8-9,19,21H,4-7,10-17H2,(H,22,25)/t19-/m1/s1. The smallest absolute Gasteiger partial charge is 0.237 e. The minimum atomic E-state index is 0.0415. The van der Waals surface area contributed by atoms with Gasteiger partial charge in [-0.1, -0.05) is 24.6 Å². The van der Waals surface area contributed by atoms with Crippen molar-refractivity contribution in [3.8, 4) is 0 Å². The van der Waals surface area contributed by atoms with Crippen molar-refractivity contribution in [3.63, 3.8) is 0 Å². The molecule has 5 heteroatoms. The maximum atomic E-state index is 12.0. The van der Waals surface area contributed by atoms with E-state index >= 15 is 0 Å². The number of piperazine rings is 1. The van der Waals surface area contributed by atoms with Gasteiger partial charge in [0.2, 0.25) is 5.91 Å². The number of benzene rings is 1. The Kier molecular flexibility index (Phi) is 7.12. The van der Waals surface area contributed by atoms with Crippen LogP contribution < -0.4 is 15.5 Å². The number of para-hydroxylation sites is 1. The lowest BCUT2D eigenvalue weighted by molar-refractivity contribution is -0.123. The number of rotatable bonds is 7. The molecule has 1 atom stereocenters. The third-order valence-corrected chi connectivity index (χ3v) is 5.32. The number of unbranched alkanes of at least 4 members (excludes halogenated alkanes) is 1. The van der Waals surface area contributed by atoms with Gasteiger partial charge in [-0.15, -0.1) is 0 Å². The summed E-state index contributed by atoms with van der Waals surface area (Å²) in [6, 6.07) is 10.7. The van der Waals surface area contributed by atoms with Crippen molar-refractivity contribution in [3.05, 3.63) is 30.3 Å². The van der Waals surface area contributed by atoms with Gasteiger partial charge in [-0.3, -0.25) is 9.69 Å². The maximum Gasteiger partial charge on any atom is 0.237 e. The summed E-state index contributed by atoms with van der Waals surface area (Å²) < 4.78 is 0. The molecule has 5 nitrogen and oxygen atoms in total. The molecule has 2 saturated heterocycles. The van der Waals surface area contributed by atoms with Gasteiger partial charge in [-0.05, 0) is 50.9 Å². The first-order valence-corrected chi connectivity index (χ1v) is 9.86. The zero-order valence-corrected chi connectivity index (χ0v) is 15.3. The SMILES string of the molecule is O=C(NCCCCN1CCN(c2ccccc2)CC1)[C@H]1CCCCN1. The van der Waals surface area contributed by atoms with Crippen molar-refractivity contribution in [2.75, 3.05) is 50.7 Å². The predicted molar refractivity (Wildman–Crippen MR) is 103 cm³/mol. The molecule has 0 unspecified atom stereocenters. The van der Waals surface area contributed by atoms with Crippen LogP contribution in [0.5, 0.6) is 0 Å². The van der Waals surface area contributed by atoms with E-state index in [4.69, 9.17) is 0 Å². The molecule has 2 aliphatic rings. The van der Waals surface area contributed by atoms with E-state index in [2.05, 4.69) is 50.8 Å². The summed E-state index contributed by atoms with van der Waals surface area (Å²) in [4.78, 5) is 17.1. The molecule has 3 rings (SSSR count). The summed E-state index contributed by atoms with van der Waals surface area (Å²) in [5.41, 5.74) is 1.33. The molecule has 0 spiro atoms. The second-order valence-corrected chi connectivity index (χ2v) is 7.16. The summed E-state index contributed by atoms with van der Waals surface area (Å²) >= 11 is 0. The predicted octanol–water partition coefficient (Wildman–Crippen LogP) is 1.85. The van der Waals surface area contributed by atoms with Crippen molar-refractivity contribution in [2.45, 2.75) is 38.1 Å². The van der Waals surface area contributed by atoms with E-state index in [9.17, 15) is 4.79 Å². The monoisotopic (exact) mass is 344 g/mol. The van der Waals surface area contributed by atoms with E-state index < -0.39 is 0 Å². The summed E-state index contributed by atoms with van der Waals surface area (Å²) in [7, 11) is 0. The molecule has 0 saturated carbocycles. The molecular formula is C20H32N4O. The Labute approximate surface area is 151 Å². The first-order valence-electron chi connectivity index (χ1n) is 9.86. The molecule has 1 aromatic rings. The molecule has 2 heterocycles. The van der Waals surface area contributed by atoms with Crippen molar-refractivity contribution >= 4 is 11.6 Å². The van der Waals surface area contributed by atoms with Crippen molar-refractivity contribution in [1.82, 2.24) is 15.5 Å². The number of amides is 1. The van der Waals surface area contributed by atoms with Crippen LogP contribution in [0, 0.1) is 0 Å². The van der Waals surface area contributed by atoms with Crippen LogP contribution in [0.2, 0.25) is 0 Å². The molecule has 1 amide bonds. The van der Waals surface area contributed by atoms with Gasteiger partial charge < -0.3 is 15.5 Å². The summed E-state index contributed by atoms with van der Waals surface area (Å²) in [6.07, 6.45) is 5.57. The number of hydrogen-bond donors (Lipinski definition) is 2. The molecule has 138 valence electrons. The fourth-order valence-corrected chi connectivity index (χ4v) is 3.74. The Morgan fingerprint density at radius 1 is 1.08 bits per heavy atom. The van der Waals surface area contributed by atoms with E-state index in [0.29, 0.717) is 0 Å². The number of carbonyl (C=O) groups excluding carboxylic acids is 1. The second-order valence-electron chi connectivity index (χ2n) is 7.16. The summed E-state index contributed by atoms with van der Waals surface area (Å²) in [6.45, 7) is 7.40. The van der Waals surface area contributed by atoms with Crippen LogP contribution >= 0.6 is 0 Å². The quantitative estimate of drug-likeness (QED) is 0.741. The Morgan fingerprint density at radius 3 is 2.60 bits per heavy atom. The average molecular weight is 345 g/mol. The lowest BCUT2D eigenvalue weighted by atomic mass is 10.0. The van der Waals surface area contributed by atoms with Crippen LogP contribution in [0.15, 0.2) is 30.3 Å². The van der Waals surface area contributed by atoms with Crippen LogP contribution in [0.25, 0.3) is 0 Å². The van der Waals surface area contributed by atoms with Crippen molar-refractivity contribution in [1.29, 1.82) is 0 Å². The molecule has 0 bridgehead atoms. The zero-order valence-electron chi connectivity index (χ0n) is 15.3. The lowest BCUT2D eigenvalue weighted by Crippen LogP contribution is -2.47. The van der Waals surface area contributed by atoms with Crippen LogP contribution in [0.3, 0.4) is 0 Å². The number of piperidine rings is 1. The third kappa shape index (κ3) is 5.72. The normalized spacial score (nSPS) is 21.9. The first-order chi connectivity index (χ1) is 12.3. The number of nitrogens with zero attached hydrogens (tertiary/aromatic N) is 2.